The number of nitrogens with one attached hydrogen (secondary N) is 2. The van der Waals surface area contributed by atoms with Gasteiger partial charge in [-0.2, -0.15) is 0 Å². The Morgan fingerprint density at radius 2 is 1.74 bits per heavy atom. The van der Waals surface area contributed by atoms with Crippen molar-refractivity contribution in [2.45, 2.75) is 6.92 Å². The fourth-order valence-electron chi connectivity index (χ4n) is 2.55. The molecule has 0 spiro atoms. The van der Waals surface area contributed by atoms with E-state index in [1.165, 1.54) is 13.0 Å². The van der Waals surface area contributed by atoms with Gasteiger partial charge in [-0.15, -0.1) is 0 Å². The first-order chi connectivity index (χ1) is 11.1. The number of amides is 2. The summed E-state index contributed by atoms with van der Waals surface area (Å²) >= 11 is 0. The lowest BCUT2D eigenvalue weighted by Crippen LogP contribution is -2.50. The maximum Gasteiger partial charge on any atom is 0.234 e. The standard InChI is InChI=1S/C16H23FN4O2/c1-13(22)18-6-7-19-16(23)12-20-8-10-21(11-9-20)15-5-3-2-4-14(15)17/h2-5H,6-12H2,1H3,(H,18,22)(H,19,23). The van der Waals surface area contributed by atoms with Crippen molar-refractivity contribution < 1.29 is 14.0 Å². The van der Waals surface area contributed by atoms with Crippen molar-refractivity contribution in [3.8, 4) is 0 Å². The van der Waals surface area contributed by atoms with Crippen LogP contribution in [0, 0.1) is 5.82 Å². The SMILES string of the molecule is CC(=O)NCCNC(=O)CN1CCN(c2ccccc2F)CC1. The summed E-state index contributed by atoms with van der Waals surface area (Å²) in [5, 5.41) is 5.39. The molecule has 0 saturated carbocycles. The highest BCUT2D eigenvalue weighted by atomic mass is 19.1. The topological polar surface area (TPSA) is 64.7 Å². The molecule has 7 heteroatoms. The summed E-state index contributed by atoms with van der Waals surface area (Å²) in [5.41, 5.74) is 0.618. The minimum Gasteiger partial charge on any atom is -0.367 e. The molecule has 1 aromatic rings. The Balaban J connectivity index is 1.69. The van der Waals surface area contributed by atoms with Crippen molar-refractivity contribution in [2.75, 3.05) is 50.7 Å². The molecule has 0 unspecified atom stereocenters. The number of rotatable bonds is 6. The predicted molar refractivity (Wildman–Crippen MR) is 86.7 cm³/mol. The molecule has 1 saturated heterocycles. The predicted octanol–water partition coefficient (Wildman–Crippen LogP) is 0.200. The van der Waals surface area contributed by atoms with Crippen molar-refractivity contribution in [3.05, 3.63) is 30.1 Å². The summed E-state index contributed by atoms with van der Waals surface area (Å²) in [7, 11) is 0. The minimum absolute atomic E-state index is 0.0605. The van der Waals surface area contributed by atoms with E-state index < -0.39 is 0 Å². The largest absolute Gasteiger partial charge is 0.367 e. The summed E-state index contributed by atoms with van der Waals surface area (Å²) in [6.07, 6.45) is 0. The average Bonchev–Trinajstić information content (AvgIpc) is 2.53. The summed E-state index contributed by atoms with van der Waals surface area (Å²) in [4.78, 5) is 26.6. The second-order valence-electron chi connectivity index (χ2n) is 5.55. The molecular weight excluding hydrogens is 299 g/mol. The molecule has 0 aromatic heterocycles. The van der Waals surface area contributed by atoms with Crippen molar-refractivity contribution >= 4 is 17.5 Å². The molecule has 126 valence electrons. The van der Waals surface area contributed by atoms with Gasteiger partial charge in [0.1, 0.15) is 5.82 Å². The highest BCUT2D eigenvalue weighted by molar-refractivity contribution is 5.78. The second-order valence-corrected chi connectivity index (χ2v) is 5.55. The molecule has 1 aliphatic heterocycles. The quantitative estimate of drug-likeness (QED) is 0.735. The molecule has 2 rings (SSSR count). The van der Waals surface area contributed by atoms with Gasteiger partial charge in [0.25, 0.3) is 0 Å². The van der Waals surface area contributed by atoms with Gasteiger partial charge in [-0.3, -0.25) is 14.5 Å². The molecule has 0 bridgehead atoms. The van der Waals surface area contributed by atoms with E-state index in [0.717, 1.165) is 0 Å². The van der Waals surface area contributed by atoms with Gasteiger partial charge in [-0.25, -0.2) is 4.39 Å². The number of piperazine rings is 1. The lowest BCUT2D eigenvalue weighted by atomic mass is 10.2. The third-order valence-corrected chi connectivity index (χ3v) is 3.75. The maximum atomic E-state index is 13.8. The van der Waals surface area contributed by atoms with E-state index in [9.17, 15) is 14.0 Å². The first-order valence-electron chi connectivity index (χ1n) is 7.79. The molecule has 1 fully saturated rings. The molecule has 0 atom stereocenters. The molecule has 2 N–H and O–H groups in total. The summed E-state index contributed by atoms with van der Waals surface area (Å²) < 4.78 is 13.8. The van der Waals surface area contributed by atoms with Crippen LogP contribution in [0.1, 0.15) is 6.92 Å². The van der Waals surface area contributed by atoms with Crippen molar-refractivity contribution in [3.63, 3.8) is 0 Å². The van der Waals surface area contributed by atoms with E-state index >= 15 is 0 Å². The number of anilines is 1. The van der Waals surface area contributed by atoms with Crippen LogP contribution in [0.4, 0.5) is 10.1 Å². The number of halogens is 1. The van der Waals surface area contributed by atoms with Gasteiger partial charge in [0.2, 0.25) is 11.8 Å². The minimum atomic E-state index is -0.211. The lowest BCUT2D eigenvalue weighted by molar-refractivity contribution is -0.123. The third kappa shape index (κ3) is 5.52. The van der Waals surface area contributed by atoms with Crippen LogP contribution >= 0.6 is 0 Å². The highest BCUT2D eigenvalue weighted by Crippen LogP contribution is 2.19. The van der Waals surface area contributed by atoms with E-state index in [0.29, 0.717) is 51.5 Å². The number of hydrogen-bond donors (Lipinski definition) is 2. The van der Waals surface area contributed by atoms with Gasteiger partial charge in [0.15, 0.2) is 0 Å². The van der Waals surface area contributed by atoms with Crippen LogP contribution in [0.5, 0.6) is 0 Å². The summed E-state index contributed by atoms with van der Waals surface area (Å²) in [5.74, 6) is -0.380. The Bertz CT molecular complexity index is 545. The maximum absolute atomic E-state index is 13.8. The summed E-state index contributed by atoms with van der Waals surface area (Å²) in [6.45, 7) is 5.44. The number of nitrogens with zero attached hydrogens (tertiary/aromatic N) is 2. The van der Waals surface area contributed by atoms with E-state index in [1.807, 2.05) is 15.9 Å². The number of carbonyl (C=O) groups excluding carboxylic acids is 2. The van der Waals surface area contributed by atoms with Gasteiger partial charge >= 0.3 is 0 Å². The molecule has 0 radical (unpaired) electrons. The van der Waals surface area contributed by atoms with Gasteiger partial charge in [-0.1, -0.05) is 12.1 Å². The normalized spacial score (nSPS) is 15.3. The zero-order chi connectivity index (χ0) is 16.7. The number of benzene rings is 1. The Morgan fingerprint density at radius 1 is 1.09 bits per heavy atom. The van der Waals surface area contributed by atoms with Crippen LogP contribution in [0.3, 0.4) is 0 Å². The van der Waals surface area contributed by atoms with Crippen molar-refractivity contribution in [1.82, 2.24) is 15.5 Å². The molecule has 0 aliphatic carbocycles. The highest BCUT2D eigenvalue weighted by Gasteiger charge is 2.20. The first-order valence-corrected chi connectivity index (χ1v) is 7.79. The number of hydrogen-bond acceptors (Lipinski definition) is 4. The fraction of sp³-hybridized carbons (Fsp3) is 0.500. The van der Waals surface area contributed by atoms with Crippen molar-refractivity contribution in [1.29, 1.82) is 0 Å². The smallest absolute Gasteiger partial charge is 0.234 e. The Kier molecular flexibility index (Phi) is 6.34. The molecule has 23 heavy (non-hydrogen) atoms. The van der Waals surface area contributed by atoms with Crippen LogP contribution < -0.4 is 15.5 Å². The first kappa shape index (κ1) is 17.2. The molecular formula is C16H23FN4O2. The van der Waals surface area contributed by atoms with Gasteiger partial charge in [-0.05, 0) is 12.1 Å². The van der Waals surface area contributed by atoms with Gasteiger partial charge in [0, 0.05) is 46.2 Å². The molecule has 1 aromatic carbocycles. The third-order valence-electron chi connectivity index (χ3n) is 3.75. The van der Waals surface area contributed by atoms with Crippen LogP contribution in [-0.2, 0) is 9.59 Å². The monoisotopic (exact) mass is 322 g/mol. The van der Waals surface area contributed by atoms with Gasteiger partial charge < -0.3 is 15.5 Å². The zero-order valence-corrected chi connectivity index (χ0v) is 13.3. The van der Waals surface area contributed by atoms with E-state index in [1.54, 1.807) is 12.1 Å². The van der Waals surface area contributed by atoms with Gasteiger partial charge in [0.05, 0.1) is 12.2 Å². The van der Waals surface area contributed by atoms with Crippen LogP contribution in [-0.4, -0.2) is 62.5 Å². The molecule has 1 aliphatic rings. The number of para-hydroxylation sites is 1. The average molecular weight is 322 g/mol. The fourth-order valence-corrected chi connectivity index (χ4v) is 2.55. The molecule has 6 nitrogen and oxygen atoms in total. The van der Waals surface area contributed by atoms with Crippen molar-refractivity contribution in [2.24, 2.45) is 0 Å². The second kappa shape index (κ2) is 8.47. The Labute approximate surface area is 135 Å². The zero-order valence-electron chi connectivity index (χ0n) is 13.3. The van der Waals surface area contributed by atoms with Crippen LogP contribution in [0.15, 0.2) is 24.3 Å². The van der Waals surface area contributed by atoms with Crippen LogP contribution in [0.2, 0.25) is 0 Å². The Hall–Kier alpha value is -2.15. The Morgan fingerprint density at radius 3 is 2.39 bits per heavy atom. The lowest BCUT2D eigenvalue weighted by Gasteiger charge is -2.35. The molecule has 2 amide bonds. The van der Waals surface area contributed by atoms with E-state index in [2.05, 4.69) is 10.6 Å². The van der Waals surface area contributed by atoms with E-state index in [-0.39, 0.29) is 17.6 Å². The number of carbonyl (C=O) groups is 2. The summed E-state index contributed by atoms with van der Waals surface area (Å²) in [6, 6.07) is 6.75. The van der Waals surface area contributed by atoms with Crippen LogP contribution in [0.25, 0.3) is 0 Å². The molecule has 1 heterocycles. The van der Waals surface area contributed by atoms with E-state index in [4.69, 9.17) is 0 Å².